The molecule has 3 rings (SSSR count). The van der Waals surface area contributed by atoms with E-state index in [1.165, 1.54) is 9.80 Å². The standard InChI is InChI=1S/C24H32N4O3/c1-4-19-8-5-6-11-22(19)25-23(29)17-26(2)24(30)18-27-12-14-28(15-13-27)20-9-7-10-21(16-20)31-3/h5-11,16H,4,12-15,17-18H2,1-3H3,(H,25,29)/p+1. The van der Waals surface area contributed by atoms with Crippen LogP contribution in [0.2, 0.25) is 0 Å². The lowest BCUT2D eigenvalue weighted by molar-refractivity contribution is -0.892. The number of quaternary nitrogens is 1. The van der Waals surface area contributed by atoms with Crippen LogP contribution in [0.15, 0.2) is 48.5 Å². The number of benzene rings is 2. The Kier molecular flexibility index (Phi) is 7.89. The van der Waals surface area contributed by atoms with Gasteiger partial charge in [0.25, 0.3) is 5.91 Å². The number of hydrogen-bond donors (Lipinski definition) is 2. The number of likely N-dealkylation sites (N-methyl/N-ethyl adjacent to an activating group) is 1. The number of para-hydroxylation sites is 1. The second-order valence-corrected chi connectivity index (χ2v) is 7.92. The molecule has 7 heteroatoms. The maximum absolute atomic E-state index is 12.7. The number of rotatable bonds is 8. The van der Waals surface area contributed by atoms with Crippen LogP contribution in [-0.2, 0) is 16.0 Å². The van der Waals surface area contributed by atoms with Crippen LogP contribution in [0.4, 0.5) is 11.4 Å². The van der Waals surface area contributed by atoms with Crippen molar-refractivity contribution in [1.82, 2.24) is 4.90 Å². The van der Waals surface area contributed by atoms with E-state index >= 15 is 0 Å². The Bertz CT molecular complexity index is 894. The number of anilines is 2. The lowest BCUT2D eigenvalue weighted by atomic mass is 10.1. The third-order valence-electron chi connectivity index (χ3n) is 5.77. The molecule has 1 saturated heterocycles. The van der Waals surface area contributed by atoms with Crippen LogP contribution < -0.4 is 19.9 Å². The van der Waals surface area contributed by atoms with Crippen molar-refractivity contribution in [3.63, 3.8) is 0 Å². The smallest absolute Gasteiger partial charge is 0.277 e. The quantitative estimate of drug-likeness (QED) is 0.664. The van der Waals surface area contributed by atoms with Crippen molar-refractivity contribution < 1.29 is 19.2 Å². The Labute approximate surface area is 184 Å². The monoisotopic (exact) mass is 425 g/mol. The maximum atomic E-state index is 12.7. The Balaban J connectivity index is 1.45. The summed E-state index contributed by atoms with van der Waals surface area (Å²) in [4.78, 5) is 30.1. The Morgan fingerprint density at radius 1 is 1.13 bits per heavy atom. The summed E-state index contributed by atoms with van der Waals surface area (Å²) < 4.78 is 5.31. The summed E-state index contributed by atoms with van der Waals surface area (Å²) in [6.07, 6.45) is 0.844. The van der Waals surface area contributed by atoms with Gasteiger partial charge in [-0.2, -0.15) is 0 Å². The SMILES string of the molecule is CCc1ccccc1NC(=O)CN(C)C(=O)C[NH+]1CCN(c2cccc(OC)c2)CC1. The summed E-state index contributed by atoms with van der Waals surface area (Å²) in [5.74, 6) is 0.669. The van der Waals surface area contributed by atoms with E-state index in [2.05, 4.69) is 23.2 Å². The van der Waals surface area contributed by atoms with E-state index in [0.29, 0.717) is 6.54 Å². The number of piperazine rings is 1. The molecule has 2 aromatic rings. The molecule has 31 heavy (non-hydrogen) atoms. The largest absolute Gasteiger partial charge is 0.497 e. The van der Waals surface area contributed by atoms with Crippen molar-refractivity contribution >= 4 is 23.2 Å². The van der Waals surface area contributed by atoms with Gasteiger partial charge in [-0.1, -0.05) is 31.2 Å². The van der Waals surface area contributed by atoms with E-state index in [1.54, 1.807) is 14.2 Å². The fraction of sp³-hybridized carbons (Fsp3) is 0.417. The highest BCUT2D eigenvalue weighted by Gasteiger charge is 2.24. The zero-order valence-electron chi connectivity index (χ0n) is 18.7. The number of nitrogens with one attached hydrogen (secondary N) is 2. The van der Waals surface area contributed by atoms with Gasteiger partial charge in [0.15, 0.2) is 6.54 Å². The molecule has 1 fully saturated rings. The van der Waals surface area contributed by atoms with Gasteiger partial charge in [0, 0.05) is 24.5 Å². The van der Waals surface area contributed by atoms with E-state index in [4.69, 9.17) is 4.74 Å². The predicted molar refractivity (Wildman–Crippen MR) is 123 cm³/mol. The Morgan fingerprint density at radius 3 is 2.58 bits per heavy atom. The number of carbonyl (C=O) groups is 2. The van der Waals surface area contributed by atoms with Gasteiger partial charge in [0.05, 0.1) is 39.8 Å². The molecule has 2 amide bonds. The number of carbonyl (C=O) groups excluding carboxylic acids is 2. The van der Waals surface area contributed by atoms with Gasteiger partial charge >= 0.3 is 0 Å². The van der Waals surface area contributed by atoms with Crippen LogP contribution in [0, 0.1) is 0 Å². The molecule has 1 heterocycles. The number of methoxy groups -OCH3 is 1. The highest BCUT2D eigenvalue weighted by Crippen LogP contribution is 2.20. The number of hydrogen-bond acceptors (Lipinski definition) is 4. The molecule has 0 spiro atoms. The average Bonchev–Trinajstić information content (AvgIpc) is 2.79. The molecule has 0 unspecified atom stereocenters. The van der Waals surface area contributed by atoms with Crippen LogP contribution in [-0.4, -0.2) is 70.1 Å². The normalized spacial score (nSPS) is 14.2. The Morgan fingerprint density at radius 2 is 1.87 bits per heavy atom. The van der Waals surface area contributed by atoms with Gasteiger partial charge in [-0.3, -0.25) is 9.59 Å². The summed E-state index contributed by atoms with van der Waals surface area (Å²) in [5, 5.41) is 2.93. The molecule has 7 nitrogen and oxygen atoms in total. The van der Waals surface area contributed by atoms with Gasteiger partial charge in [0.1, 0.15) is 5.75 Å². The second kappa shape index (κ2) is 10.8. The van der Waals surface area contributed by atoms with Crippen molar-refractivity contribution in [2.45, 2.75) is 13.3 Å². The maximum Gasteiger partial charge on any atom is 0.277 e. The molecule has 0 bridgehead atoms. The highest BCUT2D eigenvalue weighted by atomic mass is 16.5. The fourth-order valence-corrected chi connectivity index (χ4v) is 3.86. The zero-order chi connectivity index (χ0) is 22.2. The highest BCUT2D eigenvalue weighted by molar-refractivity contribution is 5.95. The summed E-state index contributed by atoms with van der Waals surface area (Å²) in [6.45, 7) is 6.04. The number of amides is 2. The van der Waals surface area contributed by atoms with E-state index in [-0.39, 0.29) is 18.4 Å². The third-order valence-corrected chi connectivity index (χ3v) is 5.77. The molecule has 0 aromatic heterocycles. The first-order chi connectivity index (χ1) is 15.0. The molecule has 1 aliphatic heterocycles. The van der Waals surface area contributed by atoms with E-state index in [9.17, 15) is 9.59 Å². The molecule has 0 radical (unpaired) electrons. The minimum atomic E-state index is -0.172. The molecular weight excluding hydrogens is 392 g/mol. The third kappa shape index (κ3) is 6.21. The lowest BCUT2D eigenvalue weighted by Crippen LogP contribution is -3.15. The van der Waals surface area contributed by atoms with Crippen LogP contribution in [0.1, 0.15) is 12.5 Å². The van der Waals surface area contributed by atoms with E-state index < -0.39 is 0 Å². The topological polar surface area (TPSA) is 66.3 Å². The van der Waals surface area contributed by atoms with Crippen LogP contribution in [0.25, 0.3) is 0 Å². The van der Waals surface area contributed by atoms with E-state index in [0.717, 1.165) is 55.3 Å². The lowest BCUT2D eigenvalue weighted by Gasteiger charge is -2.34. The first-order valence-electron chi connectivity index (χ1n) is 10.8. The van der Waals surface area contributed by atoms with Crippen molar-refractivity contribution in [2.75, 3.05) is 63.6 Å². The molecule has 0 aliphatic carbocycles. The van der Waals surface area contributed by atoms with Crippen molar-refractivity contribution in [1.29, 1.82) is 0 Å². The van der Waals surface area contributed by atoms with Gasteiger partial charge < -0.3 is 24.8 Å². The molecular formula is C24H33N4O3+. The Hall–Kier alpha value is -3.06. The fourth-order valence-electron chi connectivity index (χ4n) is 3.86. The molecule has 2 N–H and O–H groups in total. The van der Waals surface area contributed by atoms with Crippen LogP contribution in [0.5, 0.6) is 5.75 Å². The average molecular weight is 426 g/mol. The summed E-state index contributed by atoms with van der Waals surface area (Å²) >= 11 is 0. The van der Waals surface area contributed by atoms with Crippen molar-refractivity contribution in [2.24, 2.45) is 0 Å². The predicted octanol–water partition coefficient (Wildman–Crippen LogP) is 1.06. The van der Waals surface area contributed by atoms with E-state index in [1.807, 2.05) is 42.5 Å². The first-order valence-corrected chi connectivity index (χ1v) is 10.8. The zero-order valence-corrected chi connectivity index (χ0v) is 18.7. The molecule has 0 saturated carbocycles. The van der Waals surface area contributed by atoms with Crippen molar-refractivity contribution in [3.8, 4) is 5.75 Å². The number of aryl methyl sites for hydroxylation is 1. The molecule has 0 atom stereocenters. The van der Waals surface area contributed by atoms with Crippen molar-refractivity contribution in [3.05, 3.63) is 54.1 Å². The van der Waals surface area contributed by atoms with Gasteiger partial charge in [-0.15, -0.1) is 0 Å². The summed E-state index contributed by atoms with van der Waals surface area (Å²) in [5.41, 5.74) is 3.05. The van der Waals surface area contributed by atoms with Crippen LogP contribution in [0.3, 0.4) is 0 Å². The first kappa shape index (κ1) is 22.6. The van der Waals surface area contributed by atoms with Gasteiger partial charge in [-0.25, -0.2) is 0 Å². The summed E-state index contributed by atoms with van der Waals surface area (Å²) in [6, 6.07) is 15.8. The second-order valence-electron chi connectivity index (χ2n) is 7.92. The number of ether oxygens (including phenoxy) is 1. The van der Waals surface area contributed by atoms with Gasteiger partial charge in [0.2, 0.25) is 5.91 Å². The van der Waals surface area contributed by atoms with Crippen LogP contribution >= 0.6 is 0 Å². The molecule has 1 aliphatic rings. The minimum Gasteiger partial charge on any atom is -0.497 e. The molecule has 2 aromatic carbocycles. The summed E-state index contributed by atoms with van der Waals surface area (Å²) in [7, 11) is 3.37. The van der Waals surface area contributed by atoms with Gasteiger partial charge in [-0.05, 0) is 30.2 Å². The molecule has 166 valence electrons. The number of nitrogens with zero attached hydrogens (tertiary/aromatic N) is 2. The minimum absolute atomic E-state index is 0.0104.